The van der Waals surface area contributed by atoms with E-state index in [9.17, 15) is 0 Å². The molecule has 1 N–H and O–H groups in total. The molecule has 0 aliphatic rings. The van der Waals surface area contributed by atoms with E-state index < -0.39 is 0 Å². The lowest BCUT2D eigenvalue weighted by Gasteiger charge is -2.10. The maximum Gasteiger partial charge on any atom is 0.160 e. The van der Waals surface area contributed by atoms with Crippen LogP contribution >= 0.6 is 11.3 Å². The number of pyridine rings is 1. The number of hydrogen-bond acceptors (Lipinski definition) is 4. The molecule has 92 valence electrons. The maximum absolute atomic E-state index is 4.20. The molecule has 0 fully saturated rings. The zero-order valence-corrected chi connectivity index (χ0v) is 10.9. The van der Waals surface area contributed by atoms with Crippen molar-refractivity contribution in [3.63, 3.8) is 0 Å². The van der Waals surface area contributed by atoms with Crippen molar-refractivity contribution in [3.8, 4) is 0 Å². The Morgan fingerprint density at radius 3 is 3.06 bits per heavy atom. The van der Waals surface area contributed by atoms with Crippen LogP contribution in [0.3, 0.4) is 0 Å². The molecule has 0 saturated heterocycles. The van der Waals surface area contributed by atoms with Crippen LogP contribution in [0.25, 0.3) is 5.65 Å². The van der Waals surface area contributed by atoms with Crippen LogP contribution in [0.2, 0.25) is 0 Å². The van der Waals surface area contributed by atoms with E-state index in [1.165, 1.54) is 4.88 Å². The molecule has 5 heteroatoms. The van der Waals surface area contributed by atoms with Gasteiger partial charge in [0.05, 0.1) is 6.54 Å². The van der Waals surface area contributed by atoms with Crippen LogP contribution in [0.1, 0.15) is 23.7 Å². The van der Waals surface area contributed by atoms with Gasteiger partial charge in [-0.1, -0.05) is 12.1 Å². The van der Waals surface area contributed by atoms with E-state index in [1.54, 1.807) is 11.3 Å². The van der Waals surface area contributed by atoms with Gasteiger partial charge in [0.25, 0.3) is 0 Å². The molecule has 0 aliphatic carbocycles. The fourth-order valence-corrected chi connectivity index (χ4v) is 2.65. The highest BCUT2D eigenvalue weighted by Crippen LogP contribution is 2.18. The molecule has 3 aromatic rings. The van der Waals surface area contributed by atoms with Gasteiger partial charge in [-0.05, 0) is 30.5 Å². The summed E-state index contributed by atoms with van der Waals surface area (Å²) < 4.78 is 2.01. The van der Waals surface area contributed by atoms with Crippen molar-refractivity contribution in [3.05, 3.63) is 52.6 Å². The summed E-state index contributed by atoms with van der Waals surface area (Å²) in [4.78, 5) is 1.34. The molecule has 1 atom stereocenters. The Kier molecular flexibility index (Phi) is 3.08. The van der Waals surface area contributed by atoms with Crippen LogP contribution in [0.5, 0.6) is 0 Å². The third-order valence-corrected chi connectivity index (χ3v) is 3.98. The van der Waals surface area contributed by atoms with Crippen LogP contribution in [-0.4, -0.2) is 14.6 Å². The Morgan fingerprint density at radius 1 is 1.28 bits per heavy atom. The molecule has 4 nitrogen and oxygen atoms in total. The molecular weight excluding hydrogens is 244 g/mol. The van der Waals surface area contributed by atoms with E-state index in [0.717, 1.165) is 11.5 Å². The van der Waals surface area contributed by atoms with Gasteiger partial charge in [0.2, 0.25) is 0 Å². The molecule has 0 aromatic carbocycles. The average Bonchev–Trinajstić information content (AvgIpc) is 3.06. The lowest BCUT2D eigenvalue weighted by molar-refractivity contribution is 0.563. The van der Waals surface area contributed by atoms with Crippen molar-refractivity contribution in [1.82, 2.24) is 19.9 Å². The minimum atomic E-state index is 0.334. The van der Waals surface area contributed by atoms with Crippen LogP contribution < -0.4 is 5.32 Å². The predicted octanol–water partition coefficient (Wildman–Crippen LogP) is 2.64. The van der Waals surface area contributed by atoms with E-state index in [2.05, 4.69) is 40.0 Å². The van der Waals surface area contributed by atoms with E-state index in [4.69, 9.17) is 0 Å². The first-order valence-electron chi connectivity index (χ1n) is 5.90. The molecule has 1 unspecified atom stereocenters. The summed E-state index contributed by atoms with van der Waals surface area (Å²) in [5.41, 5.74) is 0.887. The highest BCUT2D eigenvalue weighted by Gasteiger charge is 2.08. The van der Waals surface area contributed by atoms with Gasteiger partial charge in [-0.25, -0.2) is 0 Å². The van der Waals surface area contributed by atoms with Crippen LogP contribution in [0.15, 0.2) is 41.9 Å². The molecular formula is C13H14N4S. The lowest BCUT2D eigenvalue weighted by Crippen LogP contribution is -2.18. The van der Waals surface area contributed by atoms with Crippen molar-refractivity contribution in [2.75, 3.05) is 0 Å². The van der Waals surface area contributed by atoms with E-state index in [0.29, 0.717) is 12.6 Å². The molecule has 3 aromatic heterocycles. The topological polar surface area (TPSA) is 42.2 Å². The molecule has 18 heavy (non-hydrogen) atoms. The fraction of sp³-hybridized carbons (Fsp3) is 0.231. The van der Waals surface area contributed by atoms with Gasteiger partial charge < -0.3 is 5.32 Å². The highest BCUT2D eigenvalue weighted by atomic mass is 32.1. The summed E-state index contributed by atoms with van der Waals surface area (Å²) in [6.45, 7) is 2.87. The van der Waals surface area contributed by atoms with Gasteiger partial charge in [0.1, 0.15) is 0 Å². The summed E-state index contributed by atoms with van der Waals surface area (Å²) in [5, 5.41) is 13.9. The monoisotopic (exact) mass is 258 g/mol. The second-order valence-corrected chi connectivity index (χ2v) is 5.14. The number of rotatable bonds is 4. The SMILES string of the molecule is CC(NCc1nnc2ccccn12)c1cccs1. The number of aromatic nitrogens is 3. The predicted molar refractivity (Wildman–Crippen MR) is 72.6 cm³/mol. The summed E-state index contributed by atoms with van der Waals surface area (Å²) in [6.07, 6.45) is 1.99. The molecule has 0 spiro atoms. The van der Waals surface area contributed by atoms with Crippen LogP contribution in [0.4, 0.5) is 0 Å². The average molecular weight is 258 g/mol. The van der Waals surface area contributed by atoms with Gasteiger partial charge in [-0.15, -0.1) is 21.5 Å². The smallest absolute Gasteiger partial charge is 0.160 e. The van der Waals surface area contributed by atoms with Crippen molar-refractivity contribution >= 4 is 17.0 Å². The minimum Gasteiger partial charge on any atom is -0.302 e. The van der Waals surface area contributed by atoms with E-state index in [-0.39, 0.29) is 0 Å². The summed E-state index contributed by atoms with van der Waals surface area (Å²) in [5.74, 6) is 0.939. The fourth-order valence-electron chi connectivity index (χ4n) is 1.89. The second-order valence-electron chi connectivity index (χ2n) is 4.16. The molecule has 3 rings (SSSR count). The highest BCUT2D eigenvalue weighted by molar-refractivity contribution is 7.10. The summed E-state index contributed by atoms with van der Waals surface area (Å²) in [7, 11) is 0. The minimum absolute atomic E-state index is 0.334. The third kappa shape index (κ3) is 2.14. The molecule has 0 saturated carbocycles. The first-order chi connectivity index (χ1) is 8.84. The van der Waals surface area contributed by atoms with Gasteiger partial charge in [0.15, 0.2) is 11.5 Å². The zero-order chi connectivity index (χ0) is 12.4. The molecule has 0 amide bonds. The Labute approximate surface area is 109 Å². The zero-order valence-electron chi connectivity index (χ0n) is 10.1. The second kappa shape index (κ2) is 4.88. The largest absolute Gasteiger partial charge is 0.302 e. The number of nitrogens with zero attached hydrogens (tertiary/aromatic N) is 3. The maximum atomic E-state index is 4.20. The normalized spacial score (nSPS) is 12.9. The van der Waals surface area contributed by atoms with E-state index >= 15 is 0 Å². The van der Waals surface area contributed by atoms with Gasteiger partial charge in [-0.3, -0.25) is 4.40 Å². The number of thiophene rings is 1. The Balaban J connectivity index is 1.73. The molecule has 3 heterocycles. The van der Waals surface area contributed by atoms with Crippen LogP contribution in [-0.2, 0) is 6.54 Å². The quantitative estimate of drug-likeness (QED) is 0.782. The molecule has 0 radical (unpaired) electrons. The summed E-state index contributed by atoms with van der Waals surface area (Å²) in [6, 6.07) is 10.5. The molecule has 0 aliphatic heterocycles. The first-order valence-corrected chi connectivity index (χ1v) is 6.78. The first kappa shape index (κ1) is 11.4. The number of fused-ring (bicyclic) bond motifs is 1. The van der Waals surface area contributed by atoms with Gasteiger partial charge in [0, 0.05) is 17.1 Å². The van der Waals surface area contributed by atoms with Gasteiger partial charge >= 0.3 is 0 Å². The van der Waals surface area contributed by atoms with Crippen LogP contribution in [0, 0.1) is 0 Å². The number of hydrogen-bond donors (Lipinski definition) is 1. The van der Waals surface area contributed by atoms with Crippen molar-refractivity contribution in [1.29, 1.82) is 0 Å². The molecule has 0 bridgehead atoms. The lowest BCUT2D eigenvalue weighted by atomic mass is 10.3. The van der Waals surface area contributed by atoms with Crippen molar-refractivity contribution in [2.24, 2.45) is 0 Å². The van der Waals surface area contributed by atoms with E-state index in [1.807, 2.05) is 28.8 Å². The van der Waals surface area contributed by atoms with Crippen molar-refractivity contribution < 1.29 is 0 Å². The third-order valence-electron chi connectivity index (χ3n) is 2.92. The summed E-state index contributed by atoms with van der Waals surface area (Å²) >= 11 is 1.77. The standard InChI is InChI=1S/C13H14N4S/c1-10(11-5-4-8-18-11)14-9-13-16-15-12-6-2-3-7-17(12)13/h2-8,10,14H,9H2,1H3. The Hall–Kier alpha value is -1.72. The van der Waals surface area contributed by atoms with Gasteiger partial charge in [-0.2, -0.15) is 0 Å². The van der Waals surface area contributed by atoms with Crippen molar-refractivity contribution in [2.45, 2.75) is 19.5 Å². The Bertz CT molecular complexity index is 629. The Morgan fingerprint density at radius 2 is 2.22 bits per heavy atom. The number of nitrogens with one attached hydrogen (secondary N) is 1.